The molecule has 0 fully saturated rings. The van der Waals surface area contributed by atoms with Gasteiger partial charge in [-0.25, -0.2) is 0 Å². The molecule has 0 aliphatic rings. The van der Waals surface area contributed by atoms with Gasteiger partial charge in [-0.3, -0.25) is 9.59 Å². The van der Waals surface area contributed by atoms with Gasteiger partial charge in [-0.15, -0.1) is 0 Å². The lowest BCUT2D eigenvalue weighted by Gasteiger charge is -2.31. The Labute approximate surface area is 245 Å². The summed E-state index contributed by atoms with van der Waals surface area (Å²) in [5, 5.41) is 0. The Morgan fingerprint density at radius 1 is 0.907 bits per heavy atom. The van der Waals surface area contributed by atoms with Gasteiger partial charge in [0.05, 0.1) is 38.2 Å². The van der Waals surface area contributed by atoms with Gasteiger partial charge in [0.1, 0.15) is 12.3 Å². The van der Waals surface area contributed by atoms with Crippen LogP contribution in [0.25, 0.3) is 0 Å². The molecule has 0 aliphatic carbocycles. The van der Waals surface area contributed by atoms with E-state index in [1.54, 1.807) is 44.2 Å². The van der Waals surface area contributed by atoms with E-state index < -0.39 is 53.4 Å². The predicted octanol–water partition coefficient (Wildman–Crippen LogP) is 6.85. The molecule has 1 atom stereocenters. The minimum Gasteiger partial charge on any atom is -0.493 e. The minimum atomic E-state index is -5.13. The fourth-order valence-corrected chi connectivity index (χ4v) is 4.32. The molecule has 2 aromatic carbocycles. The molecular weight excluding hydrogens is 582 g/mol. The molecule has 0 spiro atoms. The van der Waals surface area contributed by atoms with Crippen molar-refractivity contribution in [3.8, 4) is 11.5 Å². The highest BCUT2D eigenvalue weighted by Gasteiger charge is 2.38. The molecule has 0 aliphatic heterocycles. The van der Waals surface area contributed by atoms with E-state index in [1.165, 1.54) is 25.4 Å². The highest BCUT2D eigenvalue weighted by Crippen LogP contribution is 2.37. The topological polar surface area (TPSA) is 72.2 Å². The summed E-state index contributed by atoms with van der Waals surface area (Å²) in [6.07, 6.45) is -8.19. The summed E-state index contributed by atoms with van der Waals surface area (Å²) in [5.74, 6) is -0.266. The van der Waals surface area contributed by atoms with Crippen molar-refractivity contribution >= 4 is 11.8 Å². The summed E-state index contributed by atoms with van der Waals surface area (Å²) in [6.45, 7) is 2.82. The lowest BCUT2D eigenvalue weighted by molar-refractivity contribution is -0.143. The van der Waals surface area contributed by atoms with Crippen molar-refractivity contribution in [1.29, 1.82) is 0 Å². The summed E-state index contributed by atoms with van der Waals surface area (Å²) >= 11 is 0. The first-order valence-electron chi connectivity index (χ1n) is 13.3. The first kappa shape index (κ1) is 33.3. The van der Waals surface area contributed by atoms with E-state index in [0.29, 0.717) is 35.8 Å². The molecule has 0 radical (unpaired) electrons. The van der Waals surface area contributed by atoms with Crippen molar-refractivity contribution in [2.75, 3.05) is 27.3 Å². The second-order valence-corrected chi connectivity index (χ2v) is 9.82. The third-order valence-corrected chi connectivity index (χ3v) is 6.92. The molecule has 13 heteroatoms. The van der Waals surface area contributed by atoms with Crippen molar-refractivity contribution in [2.24, 2.45) is 0 Å². The number of methoxy groups -OCH3 is 2. The van der Waals surface area contributed by atoms with Crippen molar-refractivity contribution in [2.45, 2.75) is 51.6 Å². The summed E-state index contributed by atoms with van der Waals surface area (Å²) in [7, 11) is 2.98. The second-order valence-electron chi connectivity index (χ2n) is 9.82. The lowest BCUT2D eigenvalue weighted by atomic mass is 10.0. The van der Waals surface area contributed by atoms with Crippen LogP contribution in [-0.2, 0) is 30.1 Å². The van der Waals surface area contributed by atoms with Crippen LogP contribution in [0.5, 0.6) is 11.5 Å². The van der Waals surface area contributed by atoms with Crippen molar-refractivity contribution in [1.82, 2.24) is 9.80 Å². The second kappa shape index (κ2) is 13.9. The largest absolute Gasteiger partial charge is 0.493 e. The van der Waals surface area contributed by atoms with Crippen LogP contribution in [0.3, 0.4) is 0 Å². The third kappa shape index (κ3) is 8.68. The molecule has 0 N–H and O–H groups in total. The fourth-order valence-electron chi connectivity index (χ4n) is 4.32. The number of alkyl halides is 6. The molecule has 2 amide bonds. The Hall–Kier alpha value is -4.16. The number of carbonyl (C=O) groups excluding carboxylic acids is 2. The summed E-state index contributed by atoms with van der Waals surface area (Å²) in [4.78, 5) is 29.5. The van der Waals surface area contributed by atoms with E-state index in [2.05, 4.69) is 0 Å². The van der Waals surface area contributed by atoms with Crippen LogP contribution in [-0.4, -0.2) is 55.0 Å². The van der Waals surface area contributed by atoms with Crippen molar-refractivity contribution in [3.05, 3.63) is 82.8 Å². The summed E-state index contributed by atoms with van der Waals surface area (Å²) < 4.78 is 96.7. The van der Waals surface area contributed by atoms with Crippen LogP contribution in [0, 0.1) is 0 Å². The smallest absolute Gasteiger partial charge is 0.416 e. The van der Waals surface area contributed by atoms with E-state index in [1.807, 2.05) is 0 Å². The number of ether oxygens (including phenoxy) is 2. The van der Waals surface area contributed by atoms with Crippen molar-refractivity contribution in [3.63, 3.8) is 0 Å². The number of carbonyl (C=O) groups is 2. The molecule has 1 unspecified atom stereocenters. The maximum absolute atomic E-state index is 13.6. The van der Waals surface area contributed by atoms with Crippen LogP contribution in [0.4, 0.5) is 26.3 Å². The van der Waals surface area contributed by atoms with Crippen molar-refractivity contribution < 1.29 is 49.8 Å². The third-order valence-electron chi connectivity index (χ3n) is 6.92. The van der Waals surface area contributed by atoms with Gasteiger partial charge in [-0.1, -0.05) is 13.0 Å². The van der Waals surface area contributed by atoms with Gasteiger partial charge >= 0.3 is 12.4 Å². The summed E-state index contributed by atoms with van der Waals surface area (Å²) in [6, 6.07) is 8.53. The average molecular weight is 615 g/mol. The maximum atomic E-state index is 13.6. The van der Waals surface area contributed by atoms with Crippen LogP contribution >= 0.6 is 0 Å². The first-order valence-corrected chi connectivity index (χ1v) is 13.3. The van der Waals surface area contributed by atoms with E-state index >= 15 is 0 Å². The van der Waals surface area contributed by atoms with Crippen LogP contribution in [0.15, 0.2) is 59.2 Å². The molecule has 0 bridgehead atoms. The molecule has 1 aromatic heterocycles. The Balaban J connectivity index is 1.92. The minimum absolute atomic E-state index is 0.0173. The molecule has 3 rings (SSSR count). The maximum Gasteiger partial charge on any atom is 0.416 e. The Kier molecular flexibility index (Phi) is 10.8. The normalized spacial score (nSPS) is 12.5. The van der Waals surface area contributed by atoms with E-state index in [-0.39, 0.29) is 25.6 Å². The molecular formula is C30H32F6N2O5. The first-order chi connectivity index (χ1) is 20.2. The zero-order chi connectivity index (χ0) is 31.9. The SMILES string of the molecule is CCC(C)N(CC(=O)N(CCc1ccc(OC)c(OC)c1)Cc1ccco1)C(=O)c1cc(C(F)(F)F)cc(C(F)(F)F)c1. The predicted molar refractivity (Wildman–Crippen MR) is 145 cm³/mol. The molecule has 0 saturated carbocycles. The van der Waals surface area contributed by atoms with E-state index in [4.69, 9.17) is 13.9 Å². The zero-order valence-electron chi connectivity index (χ0n) is 24.0. The monoisotopic (exact) mass is 614 g/mol. The Bertz CT molecular complexity index is 1360. The Morgan fingerprint density at radius 3 is 2.05 bits per heavy atom. The number of amides is 2. The molecule has 1 heterocycles. The number of nitrogens with zero attached hydrogens (tertiary/aromatic N) is 2. The lowest BCUT2D eigenvalue weighted by Crippen LogP contribution is -2.47. The van der Waals surface area contributed by atoms with Crippen LogP contribution in [0.1, 0.15) is 53.1 Å². The quantitative estimate of drug-likeness (QED) is 0.209. The number of hydrogen-bond donors (Lipinski definition) is 0. The zero-order valence-corrected chi connectivity index (χ0v) is 24.0. The number of halogens is 6. The molecule has 3 aromatic rings. The molecule has 0 saturated heterocycles. The van der Waals surface area contributed by atoms with E-state index in [9.17, 15) is 35.9 Å². The van der Waals surface area contributed by atoms with E-state index in [0.717, 1.165) is 10.5 Å². The summed E-state index contributed by atoms with van der Waals surface area (Å²) in [5.41, 5.74) is -3.25. The number of rotatable bonds is 12. The fraction of sp³-hybridized carbons (Fsp3) is 0.400. The number of furan rings is 1. The van der Waals surface area contributed by atoms with Gasteiger partial charge in [0.25, 0.3) is 5.91 Å². The number of hydrogen-bond acceptors (Lipinski definition) is 5. The van der Waals surface area contributed by atoms with Gasteiger partial charge < -0.3 is 23.7 Å². The van der Waals surface area contributed by atoms with Crippen LogP contribution in [0.2, 0.25) is 0 Å². The molecule has 234 valence electrons. The standard InChI is InChI=1S/C30H32F6N2O5/c1-5-19(2)38(28(40)21-14-22(29(31,32)33)16-23(15-21)30(34,35)36)18-27(39)37(17-24-7-6-12-43-24)11-10-20-8-9-25(41-3)26(13-20)42-4/h6-9,12-16,19H,5,10-11,17-18H2,1-4H3. The van der Waals surface area contributed by atoms with Gasteiger partial charge in [0.15, 0.2) is 11.5 Å². The Morgan fingerprint density at radius 2 is 1.53 bits per heavy atom. The van der Waals surface area contributed by atoms with Gasteiger partial charge in [0.2, 0.25) is 5.91 Å². The highest BCUT2D eigenvalue weighted by atomic mass is 19.4. The average Bonchev–Trinajstić information content (AvgIpc) is 3.49. The molecule has 43 heavy (non-hydrogen) atoms. The van der Waals surface area contributed by atoms with Gasteiger partial charge in [-0.05, 0) is 67.8 Å². The highest BCUT2D eigenvalue weighted by molar-refractivity contribution is 5.97. The number of benzene rings is 2. The van der Waals surface area contributed by atoms with Gasteiger partial charge in [-0.2, -0.15) is 26.3 Å². The molecule has 7 nitrogen and oxygen atoms in total. The van der Waals surface area contributed by atoms with Crippen LogP contribution < -0.4 is 9.47 Å². The van der Waals surface area contributed by atoms with Gasteiger partial charge in [0, 0.05) is 18.2 Å².